The molecule has 6 heteroatoms. The molecule has 0 spiro atoms. The van der Waals surface area contributed by atoms with Crippen molar-refractivity contribution >= 4 is 17.6 Å². The average Bonchev–Trinajstić information content (AvgIpc) is 2.85. The summed E-state index contributed by atoms with van der Waals surface area (Å²) < 4.78 is 0. The van der Waals surface area contributed by atoms with E-state index in [2.05, 4.69) is 5.32 Å². The SMILES string of the molecule is Cc1ccc(N2CC(NC(=O)N(CCO)C(C)C)CC2=O)cc1. The Kier molecular flexibility index (Phi) is 5.60. The van der Waals surface area contributed by atoms with Gasteiger partial charge in [0, 0.05) is 31.2 Å². The van der Waals surface area contributed by atoms with Crippen LogP contribution in [0.25, 0.3) is 0 Å². The summed E-state index contributed by atoms with van der Waals surface area (Å²) in [6.45, 7) is 6.47. The minimum Gasteiger partial charge on any atom is -0.395 e. The molecule has 0 bridgehead atoms. The molecule has 6 nitrogen and oxygen atoms in total. The van der Waals surface area contributed by atoms with Crippen molar-refractivity contribution in [3.63, 3.8) is 0 Å². The monoisotopic (exact) mass is 319 g/mol. The molecule has 1 aromatic carbocycles. The lowest BCUT2D eigenvalue weighted by atomic mass is 10.2. The van der Waals surface area contributed by atoms with Gasteiger partial charge in [0.2, 0.25) is 5.91 Å². The minimum absolute atomic E-state index is 0.00699. The number of carbonyl (C=O) groups is 2. The van der Waals surface area contributed by atoms with Crippen LogP contribution in [0.2, 0.25) is 0 Å². The summed E-state index contributed by atoms with van der Waals surface area (Å²) in [4.78, 5) is 27.8. The second-order valence-corrected chi connectivity index (χ2v) is 6.20. The molecule has 2 rings (SSSR count). The average molecular weight is 319 g/mol. The summed E-state index contributed by atoms with van der Waals surface area (Å²) in [5.74, 6) is 0.0115. The highest BCUT2D eigenvalue weighted by atomic mass is 16.3. The Morgan fingerprint density at radius 3 is 2.61 bits per heavy atom. The second-order valence-electron chi connectivity index (χ2n) is 6.20. The number of anilines is 1. The molecule has 1 fully saturated rings. The molecule has 0 saturated carbocycles. The Hall–Kier alpha value is -2.08. The maximum Gasteiger partial charge on any atom is 0.318 e. The molecule has 0 aliphatic carbocycles. The van der Waals surface area contributed by atoms with Crippen LogP contribution in [0.3, 0.4) is 0 Å². The van der Waals surface area contributed by atoms with Gasteiger partial charge in [0.05, 0.1) is 12.6 Å². The van der Waals surface area contributed by atoms with E-state index in [1.807, 2.05) is 45.0 Å². The molecule has 126 valence electrons. The maximum atomic E-state index is 12.3. The summed E-state index contributed by atoms with van der Waals surface area (Å²) in [5, 5.41) is 12.0. The zero-order chi connectivity index (χ0) is 17.0. The molecule has 1 atom stereocenters. The summed E-state index contributed by atoms with van der Waals surface area (Å²) in [7, 11) is 0. The largest absolute Gasteiger partial charge is 0.395 e. The fraction of sp³-hybridized carbons (Fsp3) is 0.529. The number of aliphatic hydroxyl groups excluding tert-OH is 1. The second kappa shape index (κ2) is 7.46. The predicted molar refractivity (Wildman–Crippen MR) is 89.4 cm³/mol. The van der Waals surface area contributed by atoms with Gasteiger partial charge >= 0.3 is 6.03 Å². The van der Waals surface area contributed by atoms with Gasteiger partial charge in [0.15, 0.2) is 0 Å². The summed E-state index contributed by atoms with van der Waals surface area (Å²) in [5.41, 5.74) is 2.00. The van der Waals surface area contributed by atoms with E-state index >= 15 is 0 Å². The Balaban J connectivity index is 1.99. The van der Waals surface area contributed by atoms with Crippen molar-refractivity contribution in [2.24, 2.45) is 0 Å². The zero-order valence-electron chi connectivity index (χ0n) is 14.0. The fourth-order valence-corrected chi connectivity index (χ4v) is 2.74. The highest BCUT2D eigenvalue weighted by Gasteiger charge is 2.32. The molecule has 2 N–H and O–H groups in total. The molecule has 3 amide bonds. The number of hydrogen-bond donors (Lipinski definition) is 2. The van der Waals surface area contributed by atoms with E-state index in [0.717, 1.165) is 11.3 Å². The highest BCUT2D eigenvalue weighted by Crippen LogP contribution is 2.22. The van der Waals surface area contributed by atoms with Crippen LogP contribution in [0.15, 0.2) is 24.3 Å². The number of hydrogen-bond acceptors (Lipinski definition) is 3. The lowest BCUT2D eigenvalue weighted by Crippen LogP contribution is -2.49. The van der Waals surface area contributed by atoms with Crippen LogP contribution in [0.4, 0.5) is 10.5 Å². The molecule has 1 aromatic rings. The number of amides is 3. The zero-order valence-corrected chi connectivity index (χ0v) is 14.0. The number of nitrogens with zero attached hydrogens (tertiary/aromatic N) is 2. The molecule has 1 aliphatic heterocycles. The molecule has 1 heterocycles. The van der Waals surface area contributed by atoms with E-state index in [4.69, 9.17) is 5.11 Å². The first-order valence-corrected chi connectivity index (χ1v) is 7.97. The van der Waals surface area contributed by atoms with Gasteiger partial charge < -0.3 is 20.2 Å². The van der Waals surface area contributed by atoms with Crippen LogP contribution in [-0.4, -0.2) is 53.7 Å². The lowest BCUT2D eigenvalue weighted by molar-refractivity contribution is -0.117. The Morgan fingerprint density at radius 1 is 1.39 bits per heavy atom. The van der Waals surface area contributed by atoms with Crippen LogP contribution in [-0.2, 0) is 4.79 Å². The van der Waals surface area contributed by atoms with Gasteiger partial charge in [0.25, 0.3) is 0 Å². The van der Waals surface area contributed by atoms with Gasteiger partial charge in [-0.15, -0.1) is 0 Å². The van der Waals surface area contributed by atoms with Gasteiger partial charge in [-0.3, -0.25) is 4.79 Å². The van der Waals surface area contributed by atoms with Gasteiger partial charge in [-0.25, -0.2) is 4.79 Å². The van der Waals surface area contributed by atoms with E-state index in [1.54, 1.807) is 9.80 Å². The number of aryl methyl sites for hydroxylation is 1. The van der Waals surface area contributed by atoms with Crippen molar-refractivity contribution in [2.45, 2.75) is 39.3 Å². The number of carbonyl (C=O) groups excluding carboxylic acids is 2. The Labute approximate surface area is 137 Å². The van der Waals surface area contributed by atoms with Gasteiger partial charge in [-0.05, 0) is 32.9 Å². The van der Waals surface area contributed by atoms with E-state index < -0.39 is 0 Å². The Morgan fingerprint density at radius 2 is 2.04 bits per heavy atom. The molecule has 23 heavy (non-hydrogen) atoms. The van der Waals surface area contributed by atoms with Crippen molar-refractivity contribution < 1.29 is 14.7 Å². The Bertz CT molecular complexity index is 557. The van der Waals surface area contributed by atoms with E-state index in [-0.39, 0.29) is 37.2 Å². The minimum atomic E-state index is -0.238. The first-order valence-electron chi connectivity index (χ1n) is 7.97. The third-order valence-corrected chi connectivity index (χ3v) is 4.02. The number of rotatable bonds is 5. The molecule has 1 saturated heterocycles. The highest BCUT2D eigenvalue weighted by molar-refractivity contribution is 5.96. The van der Waals surface area contributed by atoms with Gasteiger partial charge in [-0.2, -0.15) is 0 Å². The van der Waals surface area contributed by atoms with Crippen molar-refractivity contribution in [1.29, 1.82) is 0 Å². The van der Waals surface area contributed by atoms with Crippen LogP contribution in [0.1, 0.15) is 25.8 Å². The third kappa shape index (κ3) is 4.22. The fourth-order valence-electron chi connectivity index (χ4n) is 2.74. The van der Waals surface area contributed by atoms with E-state index in [1.165, 1.54) is 0 Å². The molecule has 0 aromatic heterocycles. The normalized spacial score (nSPS) is 17.7. The number of aliphatic hydroxyl groups is 1. The molecular weight excluding hydrogens is 294 g/mol. The van der Waals surface area contributed by atoms with Crippen molar-refractivity contribution in [1.82, 2.24) is 10.2 Å². The van der Waals surface area contributed by atoms with Crippen LogP contribution in [0.5, 0.6) is 0 Å². The number of benzene rings is 1. The van der Waals surface area contributed by atoms with Crippen LogP contribution < -0.4 is 10.2 Å². The summed E-state index contributed by atoms with van der Waals surface area (Å²) in [6.07, 6.45) is 0.296. The van der Waals surface area contributed by atoms with Crippen LogP contribution in [0, 0.1) is 6.92 Å². The summed E-state index contributed by atoms with van der Waals surface area (Å²) in [6, 6.07) is 7.32. The number of nitrogens with one attached hydrogen (secondary N) is 1. The first kappa shape index (κ1) is 17.3. The molecule has 1 aliphatic rings. The van der Waals surface area contributed by atoms with E-state index in [9.17, 15) is 9.59 Å². The van der Waals surface area contributed by atoms with Crippen molar-refractivity contribution in [2.75, 3.05) is 24.6 Å². The van der Waals surface area contributed by atoms with Gasteiger partial charge in [-0.1, -0.05) is 17.7 Å². The topological polar surface area (TPSA) is 72.9 Å². The van der Waals surface area contributed by atoms with Crippen molar-refractivity contribution in [3.05, 3.63) is 29.8 Å². The smallest absolute Gasteiger partial charge is 0.318 e. The predicted octanol–water partition coefficient (Wildman–Crippen LogP) is 1.51. The molecular formula is C17H25N3O3. The number of urea groups is 1. The van der Waals surface area contributed by atoms with E-state index in [0.29, 0.717) is 13.0 Å². The maximum absolute atomic E-state index is 12.3. The van der Waals surface area contributed by atoms with Crippen molar-refractivity contribution in [3.8, 4) is 0 Å². The summed E-state index contributed by atoms with van der Waals surface area (Å²) >= 11 is 0. The lowest BCUT2D eigenvalue weighted by Gasteiger charge is -2.27. The molecule has 1 unspecified atom stereocenters. The standard InChI is InChI=1S/C17H25N3O3/c1-12(2)19(8-9-21)17(23)18-14-10-16(22)20(11-14)15-6-4-13(3)5-7-15/h4-7,12,14,21H,8-11H2,1-3H3,(H,18,23). The first-order chi connectivity index (χ1) is 10.9. The third-order valence-electron chi connectivity index (χ3n) is 4.02. The van der Waals surface area contributed by atoms with Crippen LogP contribution >= 0.6 is 0 Å². The van der Waals surface area contributed by atoms with Gasteiger partial charge in [0.1, 0.15) is 0 Å². The molecule has 0 radical (unpaired) electrons. The quantitative estimate of drug-likeness (QED) is 0.864.